The monoisotopic (exact) mass is 511 g/mol. The van der Waals surface area contributed by atoms with Crippen LogP contribution in [-0.4, -0.2) is 4.57 Å². The van der Waals surface area contributed by atoms with Crippen LogP contribution in [0.2, 0.25) is 5.02 Å². The highest BCUT2D eigenvalue weighted by molar-refractivity contribution is 6.31. The van der Waals surface area contributed by atoms with Gasteiger partial charge in [-0.3, -0.25) is 0 Å². The van der Waals surface area contributed by atoms with Gasteiger partial charge in [-0.2, -0.15) is 0 Å². The number of hydrogen-bond acceptors (Lipinski definition) is 0. The number of allylic oxidation sites excluding steroid dienone is 7. The van der Waals surface area contributed by atoms with Crippen molar-refractivity contribution in [1.82, 2.24) is 4.57 Å². The van der Waals surface area contributed by atoms with Crippen LogP contribution in [-0.2, 0) is 0 Å². The highest BCUT2D eigenvalue weighted by atomic mass is 35.5. The summed E-state index contributed by atoms with van der Waals surface area (Å²) in [4.78, 5) is 0. The molecule has 5 rings (SSSR count). The van der Waals surface area contributed by atoms with E-state index in [0.717, 1.165) is 43.7 Å². The van der Waals surface area contributed by atoms with Crippen LogP contribution in [0.25, 0.3) is 50.8 Å². The zero-order valence-electron chi connectivity index (χ0n) is 21.8. The van der Waals surface area contributed by atoms with Crippen molar-refractivity contribution >= 4 is 51.3 Å². The van der Waals surface area contributed by atoms with Gasteiger partial charge >= 0.3 is 0 Å². The molecule has 0 aliphatic rings. The van der Waals surface area contributed by atoms with E-state index in [1.54, 1.807) is 0 Å². The standard InChI is InChI=1S/C36H30ClN/c1-5-8-17-29(7-3)38-34-23-27(19-21-32(34)33-22-20-28(37)24-35(33)38)30(13-6-2)36-25(4)14-12-18-31(36)26-15-10-9-11-16-26/h5-24H,3-4H2,1-2H3/b8-5-,13-6-,29-17+,36-30-. The SMILES string of the molecule is C=C/C(=C\C=C/C)n1c2cc(Cl)ccc2c2ccc(C(/C=C\C)=c3\c(-c4ccccc4)cccc3=C)cc21. The average Bonchev–Trinajstić information content (AvgIpc) is 3.25. The molecule has 1 heterocycles. The Bertz CT molecular complexity index is 1860. The van der Waals surface area contributed by atoms with E-state index >= 15 is 0 Å². The van der Waals surface area contributed by atoms with Crippen LogP contribution in [0, 0.1) is 0 Å². The zero-order valence-corrected chi connectivity index (χ0v) is 22.5. The predicted octanol–water partition coefficient (Wildman–Crippen LogP) is 8.90. The number of hydrogen-bond donors (Lipinski definition) is 0. The van der Waals surface area contributed by atoms with E-state index in [9.17, 15) is 0 Å². The second-order valence-corrected chi connectivity index (χ2v) is 9.61. The molecular formula is C36H30ClN. The first-order valence-electron chi connectivity index (χ1n) is 12.8. The summed E-state index contributed by atoms with van der Waals surface area (Å²) in [5, 5.41) is 5.15. The van der Waals surface area contributed by atoms with Crippen molar-refractivity contribution in [2.75, 3.05) is 0 Å². The van der Waals surface area contributed by atoms with Gasteiger partial charge in [-0.05, 0) is 76.9 Å². The molecule has 0 spiro atoms. The Kier molecular flexibility index (Phi) is 7.31. The molecule has 0 atom stereocenters. The van der Waals surface area contributed by atoms with Gasteiger partial charge in [0.15, 0.2) is 0 Å². The summed E-state index contributed by atoms with van der Waals surface area (Å²) in [6, 6.07) is 29.6. The fourth-order valence-electron chi connectivity index (χ4n) is 5.13. The summed E-state index contributed by atoms with van der Waals surface area (Å²) in [5.41, 5.74) is 7.72. The Morgan fingerprint density at radius 3 is 2.26 bits per heavy atom. The van der Waals surface area contributed by atoms with Crippen molar-refractivity contribution in [3.8, 4) is 11.1 Å². The Labute approximate surface area is 229 Å². The smallest absolute Gasteiger partial charge is 0.0555 e. The lowest BCUT2D eigenvalue weighted by atomic mass is 9.94. The van der Waals surface area contributed by atoms with Gasteiger partial charge < -0.3 is 4.57 Å². The van der Waals surface area contributed by atoms with Crippen LogP contribution in [0.1, 0.15) is 19.4 Å². The Morgan fingerprint density at radius 1 is 0.816 bits per heavy atom. The first-order valence-corrected chi connectivity index (χ1v) is 13.2. The first-order chi connectivity index (χ1) is 18.6. The summed E-state index contributed by atoms with van der Waals surface area (Å²) >= 11 is 6.47. The van der Waals surface area contributed by atoms with E-state index in [1.165, 1.54) is 16.5 Å². The highest BCUT2D eigenvalue weighted by Crippen LogP contribution is 2.35. The minimum Gasteiger partial charge on any atom is -0.309 e. The number of aromatic nitrogens is 1. The number of halogens is 1. The predicted molar refractivity (Wildman–Crippen MR) is 168 cm³/mol. The second kappa shape index (κ2) is 11.0. The molecule has 0 aliphatic heterocycles. The van der Waals surface area contributed by atoms with E-state index < -0.39 is 0 Å². The van der Waals surface area contributed by atoms with Crippen molar-refractivity contribution in [3.05, 3.63) is 149 Å². The number of rotatable bonds is 6. The van der Waals surface area contributed by atoms with Gasteiger partial charge in [-0.15, -0.1) is 0 Å². The van der Waals surface area contributed by atoms with E-state index in [2.05, 4.69) is 110 Å². The van der Waals surface area contributed by atoms with Crippen molar-refractivity contribution in [1.29, 1.82) is 0 Å². The van der Waals surface area contributed by atoms with Gasteiger partial charge in [0.2, 0.25) is 0 Å². The molecule has 2 heteroatoms. The molecule has 0 aliphatic carbocycles. The largest absolute Gasteiger partial charge is 0.309 e. The topological polar surface area (TPSA) is 4.93 Å². The van der Waals surface area contributed by atoms with Crippen LogP contribution >= 0.6 is 11.6 Å². The molecule has 0 radical (unpaired) electrons. The lowest BCUT2D eigenvalue weighted by Gasteiger charge is -2.12. The normalized spacial score (nSPS) is 13.2. The van der Waals surface area contributed by atoms with Gasteiger partial charge in [0.05, 0.1) is 11.0 Å². The summed E-state index contributed by atoms with van der Waals surface area (Å²) in [6.45, 7) is 12.6. The van der Waals surface area contributed by atoms with E-state index in [0.29, 0.717) is 5.02 Å². The first kappa shape index (κ1) is 25.3. The summed E-state index contributed by atoms with van der Waals surface area (Å²) in [7, 11) is 0. The number of benzene rings is 4. The molecule has 0 saturated heterocycles. The number of fused-ring (bicyclic) bond motifs is 3. The third-order valence-electron chi connectivity index (χ3n) is 6.81. The average molecular weight is 512 g/mol. The van der Waals surface area contributed by atoms with E-state index in [1.807, 2.05) is 43.4 Å². The molecule has 5 aromatic rings. The molecule has 0 unspecified atom stereocenters. The van der Waals surface area contributed by atoms with E-state index in [-0.39, 0.29) is 0 Å². The molecule has 186 valence electrons. The molecule has 1 aromatic heterocycles. The van der Waals surface area contributed by atoms with Crippen molar-refractivity contribution in [2.45, 2.75) is 13.8 Å². The quantitative estimate of drug-likeness (QED) is 0.200. The minimum absolute atomic E-state index is 0.705. The summed E-state index contributed by atoms with van der Waals surface area (Å²) in [6.07, 6.45) is 12.3. The lowest BCUT2D eigenvalue weighted by Crippen LogP contribution is -2.28. The van der Waals surface area contributed by atoms with Gasteiger partial charge in [0.1, 0.15) is 0 Å². The van der Waals surface area contributed by atoms with Crippen molar-refractivity contribution in [3.63, 3.8) is 0 Å². The van der Waals surface area contributed by atoms with Crippen molar-refractivity contribution in [2.24, 2.45) is 0 Å². The Morgan fingerprint density at radius 2 is 1.55 bits per heavy atom. The molecule has 1 nitrogen and oxygen atoms in total. The highest BCUT2D eigenvalue weighted by Gasteiger charge is 2.15. The number of nitrogens with zero attached hydrogens (tertiary/aromatic N) is 1. The Balaban J connectivity index is 1.92. The van der Waals surface area contributed by atoms with Crippen LogP contribution in [0.3, 0.4) is 0 Å². The van der Waals surface area contributed by atoms with Crippen LogP contribution in [0.5, 0.6) is 0 Å². The molecule has 0 N–H and O–H groups in total. The molecule has 0 bridgehead atoms. The summed E-state index contributed by atoms with van der Waals surface area (Å²) in [5.74, 6) is 0. The fourth-order valence-corrected chi connectivity index (χ4v) is 5.30. The maximum absolute atomic E-state index is 6.47. The van der Waals surface area contributed by atoms with Crippen molar-refractivity contribution < 1.29 is 0 Å². The Hall–Kier alpha value is -4.33. The van der Waals surface area contributed by atoms with Gasteiger partial charge in [0.25, 0.3) is 0 Å². The van der Waals surface area contributed by atoms with E-state index in [4.69, 9.17) is 11.6 Å². The third kappa shape index (κ3) is 4.58. The molecule has 38 heavy (non-hydrogen) atoms. The van der Waals surface area contributed by atoms with Crippen LogP contribution < -0.4 is 10.4 Å². The van der Waals surface area contributed by atoms with Gasteiger partial charge in [0, 0.05) is 21.5 Å². The fraction of sp³-hybridized carbons (Fsp3) is 0.0556. The molecule has 0 saturated carbocycles. The van der Waals surface area contributed by atoms with Crippen LogP contribution in [0.4, 0.5) is 0 Å². The molecule has 0 fully saturated rings. The minimum atomic E-state index is 0.705. The van der Waals surface area contributed by atoms with Gasteiger partial charge in [-0.1, -0.05) is 116 Å². The second-order valence-electron chi connectivity index (χ2n) is 9.17. The molecular weight excluding hydrogens is 482 g/mol. The van der Waals surface area contributed by atoms with Crippen LogP contribution in [0.15, 0.2) is 128 Å². The molecule has 0 amide bonds. The maximum atomic E-state index is 6.47. The summed E-state index contributed by atoms with van der Waals surface area (Å²) < 4.78 is 2.24. The zero-order chi connectivity index (χ0) is 26.6. The lowest BCUT2D eigenvalue weighted by molar-refractivity contribution is 1.24. The maximum Gasteiger partial charge on any atom is 0.0555 e. The molecule has 4 aromatic carbocycles. The third-order valence-corrected chi connectivity index (χ3v) is 7.04. The van der Waals surface area contributed by atoms with Gasteiger partial charge in [-0.25, -0.2) is 0 Å².